The molecular weight excluding hydrogens is 256 g/mol. The number of hydrogen-bond donors (Lipinski definition) is 0. The first-order valence-electron chi connectivity index (χ1n) is 3.96. The van der Waals surface area contributed by atoms with Crippen LogP contribution in [-0.2, 0) is 4.74 Å². The van der Waals surface area contributed by atoms with Crippen LogP contribution in [0.25, 0.3) is 0 Å². The monoisotopic (exact) mass is 261 g/mol. The van der Waals surface area contributed by atoms with Gasteiger partial charge in [0.05, 0.1) is 12.1 Å². The molecule has 2 nitrogen and oxygen atoms in total. The van der Waals surface area contributed by atoms with Crippen molar-refractivity contribution in [3.8, 4) is 0 Å². The lowest BCUT2D eigenvalue weighted by Gasteiger charge is -2.11. The summed E-state index contributed by atoms with van der Waals surface area (Å²) in [6.45, 7) is 0.259. The maximum absolute atomic E-state index is 13.4. The van der Waals surface area contributed by atoms with Crippen LogP contribution in [0.15, 0.2) is 21.6 Å². The zero-order valence-corrected chi connectivity index (χ0v) is 8.59. The lowest BCUT2D eigenvalue weighted by Crippen LogP contribution is -2.06. The second kappa shape index (κ2) is 3.65. The smallest absolute Gasteiger partial charge is 0.170 e. The zero-order valence-electron chi connectivity index (χ0n) is 7.01. The maximum atomic E-state index is 13.4. The summed E-state index contributed by atoms with van der Waals surface area (Å²) in [5.41, 5.74) is -0.0642. The van der Waals surface area contributed by atoms with E-state index in [1.54, 1.807) is 0 Å². The largest absolute Gasteiger partial charge is 0.473 e. The summed E-state index contributed by atoms with van der Waals surface area (Å²) in [5, 5.41) is 0. The molecule has 0 saturated carbocycles. The Kier molecular flexibility index (Phi) is 2.50. The number of hydrogen-bond acceptors (Lipinski definition) is 2. The van der Waals surface area contributed by atoms with Crippen LogP contribution in [0.2, 0.25) is 0 Å². The maximum Gasteiger partial charge on any atom is 0.170 e. The Bertz CT molecular complexity index is 363. The summed E-state index contributed by atoms with van der Waals surface area (Å²) >= 11 is 3.00. The van der Waals surface area contributed by atoms with Gasteiger partial charge < -0.3 is 4.74 Å². The molecule has 1 aromatic carbocycles. The van der Waals surface area contributed by atoms with E-state index in [-0.39, 0.29) is 12.1 Å². The highest BCUT2D eigenvalue weighted by molar-refractivity contribution is 9.10. The molecule has 0 saturated heterocycles. The van der Waals surface area contributed by atoms with Gasteiger partial charge >= 0.3 is 0 Å². The Labute approximate surface area is 87.7 Å². The molecule has 74 valence electrons. The SMILES string of the molecule is Fc1cc(Br)cc(F)c1C1CN=CO1. The third-order valence-electron chi connectivity index (χ3n) is 1.94. The first-order chi connectivity index (χ1) is 6.68. The van der Waals surface area contributed by atoms with Gasteiger partial charge in [-0.15, -0.1) is 0 Å². The minimum Gasteiger partial charge on any atom is -0.473 e. The Morgan fingerprint density at radius 1 is 1.36 bits per heavy atom. The van der Waals surface area contributed by atoms with Gasteiger partial charge in [-0.2, -0.15) is 0 Å². The lowest BCUT2D eigenvalue weighted by atomic mass is 10.1. The van der Waals surface area contributed by atoms with E-state index in [2.05, 4.69) is 20.9 Å². The van der Waals surface area contributed by atoms with Crippen LogP contribution in [0, 0.1) is 11.6 Å². The molecule has 1 aliphatic heterocycles. The fraction of sp³-hybridized carbons (Fsp3) is 0.222. The summed E-state index contributed by atoms with van der Waals surface area (Å²) in [7, 11) is 0. The van der Waals surface area contributed by atoms with Crippen molar-refractivity contribution in [2.75, 3.05) is 6.54 Å². The van der Waals surface area contributed by atoms with Gasteiger partial charge in [-0.25, -0.2) is 8.78 Å². The molecule has 2 rings (SSSR count). The molecule has 0 fully saturated rings. The zero-order chi connectivity index (χ0) is 10.1. The molecule has 0 aromatic heterocycles. The topological polar surface area (TPSA) is 21.6 Å². The van der Waals surface area contributed by atoms with Crippen LogP contribution >= 0.6 is 15.9 Å². The number of halogens is 3. The van der Waals surface area contributed by atoms with Gasteiger partial charge in [0.15, 0.2) is 12.5 Å². The molecule has 14 heavy (non-hydrogen) atoms. The Morgan fingerprint density at radius 3 is 2.50 bits per heavy atom. The highest BCUT2D eigenvalue weighted by Gasteiger charge is 2.23. The second-order valence-corrected chi connectivity index (χ2v) is 3.79. The van der Waals surface area contributed by atoms with Crippen LogP contribution < -0.4 is 0 Å². The molecule has 0 bridgehead atoms. The minimum absolute atomic E-state index is 0.0642. The van der Waals surface area contributed by atoms with Crippen LogP contribution in [0.1, 0.15) is 11.7 Å². The van der Waals surface area contributed by atoms with Crippen LogP contribution in [0.5, 0.6) is 0 Å². The molecule has 1 unspecified atom stereocenters. The number of ether oxygens (including phenoxy) is 1. The van der Waals surface area contributed by atoms with Crippen LogP contribution in [0.4, 0.5) is 8.78 Å². The fourth-order valence-corrected chi connectivity index (χ4v) is 1.72. The molecule has 1 aromatic rings. The molecule has 0 N–H and O–H groups in total. The van der Waals surface area contributed by atoms with Gasteiger partial charge in [-0.3, -0.25) is 4.99 Å². The van der Waals surface area contributed by atoms with E-state index in [1.807, 2.05) is 0 Å². The van der Waals surface area contributed by atoms with E-state index < -0.39 is 17.7 Å². The molecular formula is C9H6BrF2NO. The van der Waals surface area contributed by atoms with Crippen molar-refractivity contribution in [2.45, 2.75) is 6.10 Å². The Morgan fingerprint density at radius 2 is 2.00 bits per heavy atom. The van der Waals surface area contributed by atoms with Gasteiger partial charge in [0.2, 0.25) is 0 Å². The molecule has 1 aliphatic rings. The average molecular weight is 262 g/mol. The van der Waals surface area contributed by atoms with Crippen molar-refractivity contribution in [1.29, 1.82) is 0 Å². The minimum atomic E-state index is -0.636. The number of benzene rings is 1. The molecule has 0 amide bonds. The normalized spacial score (nSPS) is 19.8. The van der Waals surface area contributed by atoms with Crippen molar-refractivity contribution >= 4 is 22.3 Å². The molecule has 0 spiro atoms. The molecule has 1 atom stereocenters. The van der Waals surface area contributed by atoms with E-state index >= 15 is 0 Å². The van der Waals surface area contributed by atoms with Crippen molar-refractivity contribution in [3.05, 3.63) is 33.8 Å². The van der Waals surface area contributed by atoms with Crippen molar-refractivity contribution in [2.24, 2.45) is 4.99 Å². The highest BCUT2D eigenvalue weighted by Crippen LogP contribution is 2.28. The van der Waals surface area contributed by atoms with E-state index in [0.717, 1.165) is 0 Å². The van der Waals surface area contributed by atoms with Crippen molar-refractivity contribution in [3.63, 3.8) is 0 Å². The summed E-state index contributed by atoms with van der Waals surface area (Å²) in [6.07, 6.45) is 0.578. The highest BCUT2D eigenvalue weighted by atomic mass is 79.9. The lowest BCUT2D eigenvalue weighted by molar-refractivity contribution is 0.227. The van der Waals surface area contributed by atoms with Gasteiger partial charge in [-0.05, 0) is 12.1 Å². The fourth-order valence-electron chi connectivity index (χ4n) is 1.32. The quantitative estimate of drug-likeness (QED) is 0.762. The number of aliphatic imine (C=N–C) groups is 1. The van der Waals surface area contributed by atoms with Crippen molar-refractivity contribution < 1.29 is 13.5 Å². The van der Waals surface area contributed by atoms with E-state index in [0.29, 0.717) is 4.47 Å². The Balaban J connectivity index is 2.41. The summed E-state index contributed by atoms with van der Waals surface area (Å²) < 4.78 is 32.0. The second-order valence-electron chi connectivity index (χ2n) is 2.88. The molecule has 0 radical (unpaired) electrons. The van der Waals surface area contributed by atoms with E-state index in [1.165, 1.54) is 18.5 Å². The molecule has 5 heteroatoms. The van der Waals surface area contributed by atoms with Gasteiger partial charge in [-0.1, -0.05) is 15.9 Å². The van der Waals surface area contributed by atoms with Gasteiger partial charge in [0.25, 0.3) is 0 Å². The van der Waals surface area contributed by atoms with Gasteiger partial charge in [0.1, 0.15) is 11.6 Å². The molecule has 1 heterocycles. The van der Waals surface area contributed by atoms with E-state index in [4.69, 9.17) is 4.74 Å². The first-order valence-corrected chi connectivity index (χ1v) is 4.76. The summed E-state index contributed by atoms with van der Waals surface area (Å²) in [6, 6.07) is 2.42. The number of rotatable bonds is 1. The Hall–Kier alpha value is -0.970. The first kappa shape index (κ1) is 9.58. The number of nitrogens with zero attached hydrogens (tertiary/aromatic N) is 1. The molecule has 0 aliphatic carbocycles. The van der Waals surface area contributed by atoms with Gasteiger partial charge in [0, 0.05) is 4.47 Å². The summed E-state index contributed by atoms with van der Waals surface area (Å²) in [4.78, 5) is 3.75. The predicted octanol–water partition coefficient (Wildman–Crippen LogP) is 2.83. The standard InChI is InChI=1S/C9H6BrF2NO/c10-5-1-6(11)9(7(12)2-5)8-3-13-4-14-8/h1-2,4,8H,3H2. The third-order valence-corrected chi connectivity index (χ3v) is 2.39. The van der Waals surface area contributed by atoms with E-state index in [9.17, 15) is 8.78 Å². The third kappa shape index (κ3) is 1.64. The summed E-state index contributed by atoms with van der Waals surface area (Å²) in [5.74, 6) is -1.24. The average Bonchev–Trinajstić information content (AvgIpc) is 2.54. The van der Waals surface area contributed by atoms with Crippen LogP contribution in [0.3, 0.4) is 0 Å². The van der Waals surface area contributed by atoms with Crippen LogP contribution in [-0.4, -0.2) is 12.9 Å². The predicted molar refractivity (Wildman–Crippen MR) is 51.2 cm³/mol. The van der Waals surface area contributed by atoms with Crippen molar-refractivity contribution in [1.82, 2.24) is 0 Å².